The largest absolute Gasteiger partial charge is 0.479 e. The summed E-state index contributed by atoms with van der Waals surface area (Å²) in [5.74, 6) is -3.00. The summed E-state index contributed by atoms with van der Waals surface area (Å²) in [5, 5.41) is 54.8. The minimum Gasteiger partial charge on any atom is -0.479 e. The van der Waals surface area contributed by atoms with E-state index in [9.17, 15) is 9.59 Å². The van der Waals surface area contributed by atoms with Crippen LogP contribution >= 0.6 is 0 Å². The summed E-state index contributed by atoms with van der Waals surface area (Å²) in [6.07, 6.45) is 1.49. The Bertz CT molecular complexity index is 599. The molecule has 0 unspecified atom stereocenters. The molecule has 0 spiro atoms. The third-order valence-electron chi connectivity index (χ3n) is 3.74. The molecule has 1 aliphatic heterocycles. The summed E-state index contributed by atoms with van der Waals surface area (Å²) < 4.78 is 0. The number of hydrogen-bond acceptors (Lipinski definition) is 9. The predicted octanol–water partition coefficient (Wildman–Crippen LogP) is -3.13. The van der Waals surface area contributed by atoms with Crippen LogP contribution < -0.4 is 5.32 Å². The fourth-order valence-corrected chi connectivity index (χ4v) is 2.15. The number of carboxylic acid groups (broad SMARTS) is 2. The van der Waals surface area contributed by atoms with Crippen molar-refractivity contribution >= 4 is 18.0 Å². The van der Waals surface area contributed by atoms with Crippen LogP contribution in [0.5, 0.6) is 0 Å². The Morgan fingerprint density at radius 2 is 1.54 bits per heavy atom. The van der Waals surface area contributed by atoms with E-state index in [1.807, 2.05) is 12.4 Å². The summed E-state index contributed by atoms with van der Waals surface area (Å²) >= 11 is 0. The molecule has 0 bridgehead atoms. The van der Waals surface area contributed by atoms with E-state index >= 15 is 0 Å². The highest BCUT2D eigenvalue weighted by atomic mass is 16.4. The number of nitrogens with one attached hydrogen (secondary N) is 1. The smallest absolute Gasteiger partial charge is 0.335 e. The molecule has 0 aliphatic carbocycles. The SMILES string of the molecule is C(=C\[C@H]1CCNC1)/c1cncnc1.O.O=C(O)[C@@H](O)[C@H](O)[C@H](O)[C@@H](O)C(=O)O. The highest BCUT2D eigenvalue weighted by Gasteiger charge is 2.37. The van der Waals surface area contributed by atoms with Gasteiger partial charge in [-0.25, -0.2) is 19.6 Å². The number of aromatic nitrogens is 2. The maximum atomic E-state index is 10.1. The number of carboxylic acids is 2. The second kappa shape index (κ2) is 12.8. The van der Waals surface area contributed by atoms with Gasteiger partial charge in [-0.15, -0.1) is 0 Å². The summed E-state index contributed by atoms with van der Waals surface area (Å²) in [5.41, 5.74) is 1.08. The molecule has 0 aromatic carbocycles. The van der Waals surface area contributed by atoms with Crippen molar-refractivity contribution in [2.75, 3.05) is 13.1 Å². The van der Waals surface area contributed by atoms with E-state index in [-0.39, 0.29) is 5.48 Å². The van der Waals surface area contributed by atoms with Gasteiger partial charge >= 0.3 is 11.9 Å². The van der Waals surface area contributed by atoms with Gasteiger partial charge in [0.15, 0.2) is 12.2 Å². The Morgan fingerprint density at radius 1 is 1.04 bits per heavy atom. The molecule has 12 heteroatoms. The van der Waals surface area contributed by atoms with E-state index in [4.69, 9.17) is 30.6 Å². The fourth-order valence-electron chi connectivity index (χ4n) is 2.15. The highest BCUT2D eigenvalue weighted by molar-refractivity contribution is 5.75. The lowest BCUT2D eigenvalue weighted by Gasteiger charge is -2.21. The Kier molecular flexibility index (Phi) is 11.7. The first-order chi connectivity index (χ1) is 12.7. The van der Waals surface area contributed by atoms with E-state index in [0.29, 0.717) is 5.92 Å². The topological polar surface area (TPSA) is 225 Å². The second-order valence-corrected chi connectivity index (χ2v) is 5.83. The normalized spacial score (nSPS) is 20.2. The van der Waals surface area contributed by atoms with E-state index < -0.39 is 36.4 Å². The Labute approximate surface area is 160 Å². The van der Waals surface area contributed by atoms with E-state index in [1.165, 1.54) is 6.42 Å². The molecule has 0 amide bonds. The number of hydrogen-bond donors (Lipinski definition) is 7. The van der Waals surface area contributed by atoms with Crippen LogP contribution in [0, 0.1) is 5.92 Å². The number of carbonyl (C=O) groups is 2. The van der Waals surface area contributed by atoms with Crippen LogP contribution in [0.15, 0.2) is 24.8 Å². The molecule has 1 aromatic heterocycles. The summed E-state index contributed by atoms with van der Waals surface area (Å²) in [6, 6.07) is 0. The van der Waals surface area contributed by atoms with Gasteiger partial charge in [-0.2, -0.15) is 0 Å². The molecule has 12 nitrogen and oxygen atoms in total. The minimum atomic E-state index is -2.36. The zero-order chi connectivity index (χ0) is 20.4. The molecule has 9 N–H and O–H groups in total. The van der Waals surface area contributed by atoms with Crippen molar-refractivity contribution in [1.82, 2.24) is 15.3 Å². The summed E-state index contributed by atoms with van der Waals surface area (Å²) in [6.45, 7) is 2.24. The van der Waals surface area contributed by atoms with Crippen molar-refractivity contribution in [3.8, 4) is 0 Å². The average Bonchev–Trinajstić information content (AvgIpc) is 3.18. The van der Waals surface area contributed by atoms with Crippen LogP contribution in [0.25, 0.3) is 6.08 Å². The average molecular weight is 403 g/mol. The molecular weight excluding hydrogens is 378 g/mol. The van der Waals surface area contributed by atoms with E-state index in [0.717, 1.165) is 18.7 Å². The van der Waals surface area contributed by atoms with Crippen molar-refractivity contribution in [2.24, 2.45) is 5.92 Å². The maximum Gasteiger partial charge on any atom is 0.335 e. The highest BCUT2D eigenvalue weighted by Crippen LogP contribution is 2.10. The first-order valence-corrected chi connectivity index (χ1v) is 8.05. The van der Waals surface area contributed by atoms with Gasteiger partial charge in [-0.1, -0.05) is 12.2 Å². The molecule has 1 saturated heterocycles. The standard InChI is InChI=1S/C10H13N3.C6H10O8.H2O/c1(9-3-4-11-5-9)2-10-6-12-8-13-7-10;7-1(3(9)5(11)12)2(8)4(10)6(13)14;/h1-2,6-9,11H,3-5H2;1-4,7-10H,(H,11,12)(H,13,14);1H2/b2-1+;;/t9-;1-,2+,3+,4-;/m0../s1. The molecule has 2 heterocycles. The van der Waals surface area contributed by atoms with Gasteiger partial charge in [0.1, 0.15) is 18.5 Å². The fraction of sp³-hybridized carbons (Fsp3) is 0.500. The number of aliphatic carboxylic acids is 2. The van der Waals surface area contributed by atoms with Crippen LogP contribution in [0.2, 0.25) is 0 Å². The van der Waals surface area contributed by atoms with Crippen LogP contribution in [0.1, 0.15) is 12.0 Å². The van der Waals surface area contributed by atoms with Crippen LogP contribution in [0.3, 0.4) is 0 Å². The molecule has 28 heavy (non-hydrogen) atoms. The quantitative estimate of drug-likeness (QED) is 0.241. The predicted molar refractivity (Wildman–Crippen MR) is 95.0 cm³/mol. The van der Waals surface area contributed by atoms with Crippen LogP contribution in [0.4, 0.5) is 0 Å². The van der Waals surface area contributed by atoms with Gasteiger partial charge < -0.3 is 41.4 Å². The molecule has 1 fully saturated rings. The molecular formula is C16H25N3O9. The lowest BCUT2D eigenvalue weighted by atomic mass is 10.0. The summed E-state index contributed by atoms with van der Waals surface area (Å²) in [7, 11) is 0. The monoisotopic (exact) mass is 403 g/mol. The van der Waals surface area contributed by atoms with Gasteiger partial charge in [-0.05, 0) is 18.9 Å². The lowest BCUT2D eigenvalue weighted by Crippen LogP contribution is -2.49. The molecule has 1 aliphatic rings. The zero-order valence-electron chi connectivity index (χ0n) is 14.8. The Hall–Kier alpha value is -2.48. The van der Waals surface area contributed by atoms with Crippen molar-refractivity contribution in [3.63, 3.8) is 0 Å². The van der Waals surface area contributed by atoms with Crippen molar-refractivity contribution in [1.29, 1.82) is 0 Å². The van der Waals surface area contributed by atoms with Gasteiger partial charge in [-0.3, -0.25) is 0 Å². The Balaban J connectivity index is 0.000000503. The first kappa shape index (κ1) is 25.5. The molecule has 1 aromatic rings. The van der Waals surface area contributed by atoms with Gasteiger partial charge in [0, 0.05) is 24.5 Å². The van der Waals surface area contributed by atoms with E-state index in [1.54, 1.807) is 6.33 Å². The zero-order valence-corrected chi connectivity index (χ0v) is 14.8. The number of nitrogens with zero attached hydrogens (tertiary/aromatic N) is 2. The van der Waals surface area contributed by atoms with Gasteiger partial charge in [0.25, 0.3) is 0 Å². The summed E-state index contributed by atoms with van der Waals surface area (Å²) in [4.78, 5) is 28.1. The van der Waals surface area contributed by atoms with Crippen molar-refractivity contribution < 1.29 is 45.7 Å². The number of aliphatic hydroxyl groups excluding tert-OH is 4. The molecule has 5 atom stereocenters. The van der Waals surface area contributed by atoms with Gasteiger partial charge in [0.2, 0.25) is 0 Å². The third kappa shape index (κ3) is 8.47. The van der Waals surface area contributed by atoms with Gasteiger partial charge in [0.05, 0.1) is 0 Å². The third-order valence-corrected chi connectivity index (χ3v) is 3.74. The first-order valence-electron chi connectivity index (χ1n) is 8.05. The molecule has 2 rings (SSSR count). The Morgan fingerprint density at radius 3 is 1.93 bits per heavy atom. The lowest BCUT2D eigenvalue weighted by molar-refractivity contribution is -0.172. The van der Waals surface area contributed by atoms with Crippen LogP contribution in [-0.4, -0.2) is 95.5 Å². The molecule has 0 radical (unpaired) electrons. The molecule has 158 valence electrons. The van der Waals surface area contributed by atoms with Crippen molar-refractivity contribution in [2.45, 2.75) is 30.8 Å². The van der Waals surface area contributed by atoms with Crippen molar-refractivity contribution in [3.05, 3.63) is 30.4 Å². The minimum absolute atomic E-state index is 0. The maximum absolute atomic E-state index is 10.1. The number of aliphatic hydroxyl groups is 4. The second-order valence-electron chi connectivity index (χ2n) is 5.83. The number of rotatable bonds is 7. The molecule has 0 saturated carbocycles. The van der Waals surface area contributed by atoms with Crippen LogP contribution in [-0.2, 0) is 9.59 Å². The van der Waals surface area contributed by atoms with E-state index in [2.05, 4.69) is 27.4 Å².